The Hall–Kier alpha value is -1.16. The van der Waals surface area contributed by atoms with E-state index in [1.165, 1.54) is 11.9 Å². The highest BCUT2D eigenvalue weighted by Crippen LogP contribution is 2.19. The van der Waals surface area contributed by atoms with Crippen LogP contribution in [-0.4, -0.2) is 29.3 Å². The van der Waals surface area contributed by atoms with E-state index >= 15 is 0 Å². The molecule has 17 heavy (non-hydrogen) atoms. The SMILES string of the molecule is CN(C(=O)c1cc(F)ccc1F)C(C)(C)CCl. The van der Waals surface area contributed by atoms with Gasteiger partial charge in [0.15, 0.2) is 0 Å². The molecule has 0 radical (unpaired) electrons. The summed E-state index contributed by atoms with van der Waals surface area (Å²) in [6, 6.07) is 2.79. The summed E-state index contributed by atoms with van der Waals surface area (Å²) in [6.07, 6.45) is 0. The maximum absolute atomic E-state index is 13.4. The number of hydrogen-bond donors (Lipinski definition) is 0. The van der Waals surface area contributed by atoms with Crippen LogP contribution in [0.15, 0.2) is 18.2 Å². The van der Waals surface area contributed by atoms with E-state index in [1.54, 1.807) is 13.8 Å². The molecule has 0 saturated heterocycles. The van der Waals surface area contributed by atoms with Gasteiger partial charge in [-0.25, -0.2) is 8.78 Å². The van der Waals surface area contributed by atoms with Crippen LogP contribution in [0.4, 0.5) is 8.78 Å². The molecule has 0 saturated carbocycles. The Morgan fingerprint density at radius 3 is 2.53 bits per heavy atom. The van der Waals surface area contributed by atoms with Crippen molar-refractivity contribution >= 4 is 17.5 Å². The molecule has 0 aliphatic rings. The zero-order valence-corrected chi connectivity index (χ0v) is 10.7. The van der Waals surface area contributed by atoms with E-state index in [4.69, 9.17) is 11.6 Å². The lowest BCUT2D eigenvalue weighted by Gasteiger charge is -2.34. The molecule has 0 aromatic heterocycles. The topological polar surface area (TPSA) is 20.3 Å². The first kappa shape index (κ1) is 13.9. The average molecular weight is 262 g/mol. The molecule has 0 aliphatic heterocycles. The van der Waals surface area contributed by atoms with Crippen molar-refractivity contribution in [1.82, 2.24) is 4.90 Å². The quantitative estimate of drug-likeness (QED) is 0.766. The predicted molar refractivity (Wildman–Crippen MR) is 63.3 cm³/mol. The Bertz CT molecular complexity index is 435. The summed E-state index contributed by atoms with van der Waals surface area (Å²) in [5, 5.41) is 0. The molecule has 0 N–H and O–H groups in total. The molecule has 0 atom stereocenters. The van der Waals surface area contributed by atoms with Crippen LogP contribution in [0.25, 0.3) is 0 Å². The van der Waals surface area contributed by atoms with Gasteiger partial charge >= 0.3 is 0 Å². The Kier molecular flexibility index (Phi) is 4.09. The molecule has 0 bridgehead atoms. The Morgan fingerprint density at radius 1 is 1.41 bits per heavy atom. The monoisotopic (exact) mass is 261 g/mol. The molecule has 1 rings (SSSR count). The van der Waals surface area contributed by atoms with Gasteiger partial charge in [0.05, 0.1) is 11.1 Å². The van der Waals surface area contributed by atoms with Gasteiger partial charge in [-0.3, -0.25) is 4.79 Å². The molecular weight excluding hydrogens is 248 g/mol. The van der Waals surface area contributed by atoms with E-state index in [9.17, 15) is 13.6 Å². The number of carbonyl (C=O) groups excluding carboxylic acids is 1. The summed E-state index contributed by atoms with van der Waals surface area (Å²) < 4.78 is 26.4. The van der Waals surface area contributed by atoms with E-state index in [0.29, 0.717) is 0 Å². The minimum absolute atomic E-state index is 0.201. The number of amides is 1. The first-order valence-corrected chi connectivity index (χ1v) is 5.62. The third-order valence-corrected chi connectivity index (χ3v) is 3.35. The highest BCUT2D eigenvalue weighted by Gasteiger charge is 2.29. The molecule has 1 amide bonds. The number of carbonyl (C=O) groups is 1. The van der Waals surface area contributed by atoms with Gasteiger partial charge in [-0.05, 0) is 32.0 Å². The van der Waals surface area contributed by atoms with Crippen LogP contribution >= 0.6 is 11.6 Å². The van der Waals surface area contributed by atoms with Crippen molar-refractivity contribution in [3.8, 4) is 0 Å². The van der Waals surface area contributed by atoms with Crippen molar-refractivity contribution < 1.29 is 13.6 Å². The summed E-state index contributed by atoms with van der Waals surface area (Å²) in [4.78, 5) is 13.3. The molecular formula is C12H14ClF2NO. The maximum atomic E-state index is 13.4. The molecule has 1 aromatic carbocycles. The average Bonchev–Trinajstić information content (AvgIpc) is 2.30. The fraction of sp³-hybridized carbons (Fsp3) is 0.417. The van der Waals surface area contributed by atoms with Crippen molar-refractivity contribution in [1.29, 1.82) is 0 Å². The molecule has 2 nitrogen and oxygen atoms in total. The first-order chi connectivity index (χ1) is 7.79. The number of halogens is 3. The van der Waals surface area contributed by atoms with Gasteiger partial charge in [0.25, 0.3) is 5.91 Å². The minimum Gasteiger partial charge on any atom is -0.335 e. The van der Waals surface area contributed by atoms with Gasteiger partial charge < -0.3 is 4.90 Å². The van der Waals surface area contributed by atoms with E-state index in [2.05, 4.69) is 0 Å². The van der Waals surface area contributed by atoms with E-state index in [1.807, 2.05) is 0 Å². The standard InChI is InChI=1S/C12H14ClF2NO/c1-12(2,7-13)16(3)11(17)9-6-8(14)4-5-10(9)15/h4-6H,7H2,1-3H3. The second kappa shape index (κ2) is 5.00. The third kappa shape index (κ3) is 2.94. The molecule has 1 aromatic rings. The van der Waals surface area contributed by atoms with Gasteiger partial charge in [-0.1, -0.05) is 0 Å². The van der Waals surface area contributed by atoms with E-state index in [-0.39, 0.29) is 11.4 Å². The fourth-order valence-corrected chi connectivity index (χ4v) is 1.39. The smallest absolute Gasteiger partial charge is 0.257 e. The lowest BCUT2D eigenvalue weighted by Crippen LogP contribution is -2.46. The molecule has 0 fully saturated rings. The van der Waals surface area contributed by atoms with Crippen LogP contribution in [0.3, 0.4) is 0 Å². The van der Waals surface area contributed by atoms with Gasteiger partial charge in [0, 0.05) is 12.9 Å². The first-order valence-electron chi connectivity index (χ1n) is 5.09. The van der Waals surface area contributed by atoms with Crippen molar-refractivity contribution in [3.63, 3.8) is 0 Å². The minimum atomic E-state index is -0.742. The van der Waals surface area contributed by atoms with Crippen LogP contribution in [-0.2, 0) is 0 Å². The number of alkyl halides is 1. The molecule has 0 aliphatic carbocycles. The summed E-state index contributed by atoms with van der Waals surface area (Å²) >= 11 is 5.73. The zero-order chi connectivity index (χ0) is 13.2. The predicted octanol–water partition coefficient (Wildman–Crippen LogP) is 3.05. The summed E-state index contributed by atoms with van der Waals surface area (Å²) in [5.74, 6) is -1.78. The van der Waals surface area contributed by atoms with Gasteiger partial charge in [-0.15, -0.1) is 11.6 Å². The van der Waals surface area contributed by atoms with E-state index < -0.39 is 23.1 Å². The van der Waals surface area contributed by atoms with Gasteiger partial charge in [-0.2, -0.15) is 0 Å². The number of hydrogen-bond acceptors (Lipinski definition) is 1. The summed E-state index contributed by atoms with van der Waals surface area (Å²) in [5.41, 5.74) is -0.914. The lowest BCUT2D eigenvalue weighted by molar-refractivity contribution is 0.0655. The van der Waals surface area contributed by atoms with Crippen LogP contribution in [0.5, 0.6) is 0 Å². The molecule has 5 heteroatoms. The highest BCUT2D eigenvalue weighted by molar-refractivity contribution is 6.18. The number of rotatable bonds is 3. The second-order valence-corrected chi connectivity index (χ2v) is 4.70. The van der Waals surface area contributed by atoms with Crippen molar-refractivity contribution in [2.24, 2.45) is 0 Å². The van der Waals surface area contributed by atoms with E-state index in [0.717, 1.165) is 18.2 Å². The van der Waals surface area contributed by atoms with Gasteiger partial charge in [0.1, 0.15) is 11.6 Å². The Morgan fingerprint density at radius 2 is 2.00 bits per heavy atom. The van der Waals surface area contributed by atoms with Crippen molar-refractivity contribution in [3.05, 3.63) is 35.4 Å². The number of benzene rings is 1. The Balaban J connectivity index is 3.08. The Labute approximate surface area is 104 Å². The largest absolute Gasteiger partial charge is 0.335 e. The van der Waals surface area contributed by atoms with Crippen LogP contribution in [0.2, 0.25) is 0 Å². The third-order valence-electron chi connectivity index (χ3n) is 2.70. The number of nitrogens with zero attached hydrogens (tertiary/aromatic N) is 1. The van der Waals surface area contributed by atoms with Gasteiger partial charge in [0.2, 0.25) is 0 Å². The second-order valence-electron chi connectivity index (χ2n) is 4.43. The van der Waals surface area contributed by atoms with Crippen molar-refractivity contribution in [2.45, 2.75) is 19.4 Å². The fourth-order valence-electron chi connectivity index (χ4n) is 1.21. The van der Waals surface area contributed by atoms with Crippen molar-refractivity contribution in [2.75, 3.05) is 12.9 Å². The van der Waals surface area contributed by atoms with Crippen LogP contribution < -0.4 is 0 Å². The van der Waals surface area contributed by atoms with Crippen LogP contribution in [0.1, 0.15) is 24.2 Å². The molecule has 0 unspecified atom stereocenters. The highest BCUT2D eigenvalue weighted by atomic mass is 35.5. The van der Waals surface area contributed by atoms with Crippen LogP contribution in [0, 0.1) is 11.6 Å². The zero-order valence-electron chi connectivity index (χ0n) is 9.93. The summed E-state index contributed by atoms with van der Waals surface area (Å²) in [7, 11) is 1.51. The maximum Gasteiger partial charge on any atom is 0.257 e. The molecule has 94 valence electrons. The normalized spacial score (nSPS) is 11.4. The molecule has 0 heterocycles. The molecule has 0 spiro atoms. The lowest BCUT2D eigenvalue weighted by atomic mass is 10.0. The summed E-state index contributed by atoms with van der Waals surface area (Å²) in [6.45, 7) is 3.49.